The first-order chi connectivity index (χ1) is 23.2. The molecule has 0 radical (unpaired) electrons. The summed E-state index contributed by atoms with van der Waals surface area (Å²) in [5.41, 5.74) is 3.07. The van der Waals surface area contributed by atoms with Gasteiger partial charge in [0.25, 0.3) is 5.78 Å². The summed E-state index contributed by atoms with van der Waals surface area (Å²) < 4.78 is 24.0. The number of carbonyl (C=O) groups is 2. The van der Waals surface area contributed by atoms with E-state index in [2.05, 4.69) is 48.3 Å². The topological polar surface area (TPSA) is 120 Å². The van der Waals surface area contributed by atoms with Gasteiger partial charge in [-0.15, -0.1) is 10.2 Å². The number of carbonyl (C=O) groups excluding carboxylic acids is 2. The van der Waals surface area contributed by atoms with Crippen molar-refractivity contribution in [3.05, 3.63) is 88.5 Å². The van der Waals surface area contributed by atoms with Gasteiger partial charge in [-0.25, -0.2) is 0 Å². The molecule has 0 unspecified atom stereocenters. The highest BCUT2D eigenvalue weighted by Gasteiger charge is 2.48. The second-order valence-corrected chi connectivity index (χ2v) is 14.0. The zero-order valence-corrected chi connectivity index (χ0v) is 28.9. The number of aliphatic hydroxyl groups is 1. The van der Waals surface area contributed by atoms with Crippen LogP contribution in [0.1, 0.15) is 55.5 Å². The Labute approximate surface area is 287 Å². The van der Waals surface area contributed by atoms with E-state index < -0.39 is 17.7 Å². The van der Waals surface area contributed by atoms with Crippen LogP contribution in [-0.2, 0) is 15.3 Å². The Morgan fingerprint density at radius 2 is 1.77 bits per heavy atom. The van der Waals surface area contributed by atoms with E-state index in [4.69, 9.17) is 18.9 Å². The van der Waals surface area contributed by atoms with E-state index >= 15 is 0 Å². The average molecular weight is 688 g/mol. The highest BCUT2D eigenvalue weighted by Crippen LogP contribution is 2.46. The summed E-state index contributed by atoms with van der Waals surface area (Å²) in [6.07, 6.45) is 0.865. The molecule has 2 aliphatic rings. The molecule has 1 N–H and O–H groups in total. The van der Waals surface area contributed by atoms with Crippen molar-refractivity contribution in [3.8, 4) is 23.0 Å². The van der Waals surface area contributed by atoms with Gasteiger partial charge in [0, 0.05) is 11.3 Å². The summed E-state index contributed by atoms with van der Waals surface area (Å²) in [5, 5.41) is 20.7. The number of aryl methyl sites for hydroxylation is 1. The maximum Gasteiger partial charge on any atom is 0.301 e. The number of hydrogen-bond donors (Lipinski definition) is 1. The lowest BCUT2D eigenvalue weighted by Gasteiger charge is -2.24. The lowest BCUT2D eigenvalue weighted by Crippen LogP contribution is -2.29. The van der Waals surface area contributed by atoms with E-state index in [1.807, 2.05) is 13.8 Å². The average Bonchev–Trinajstić information content (AvgIpc) is 3.66. The van der Waals surface area contributed by atoms with Crippen molar-refractivity contribution in [2.75, 3.05) is 31.3 Å². The number of amides is 1. The van der Waals surface area contributed by atoms with E-state index in [0.29, 0.717) is 76.6 Å². The quantitative estimate of drug-likeness (QED) is 0.0532. The highest BCUT2D eigenvalue weighted by molar-refractivity contribution is 8.00. The number of thioether (sulfide) groups is 1. The zero-order chi connectivity index (χ0) is 33.8. The third kappa shape index (κ3) is 7.14. The van der Waals surface area contributed by atoms with E-state index in [1.54, 1.807) is 36.4 Å². The van der Waals surface area contributed by atoms with Gasteiger partial charge in [0.1, 0.15) is 19.0 Å². The Bertz CT molecular complexity index is 1840. The van der Waals surface area contributed by atoms with Crippen LogP contribution in [0.3, 0.4) is 0 Å². The van der Waals surface area contributed by atoms with Crippen molar-refractivity contribution in [3.63, 3.8) is 0 Å². The molecule has 0 bridgehead atoms. The number of anilines is 1. The number of aromatic nitrogens is 2. The van der Waals surface area contributed by atoms with Crippen LogP contribution in [0.4, 0.5) is 5.13 Å². The molecule has 48 heavy (non-hydrogen) atoms. The third-order valence-electron chi connectivity index (χ3n) is 7.88. The van der Waals surface area contributed by atoms with E-state index in [1.165, 1.54) is 33.6 Å². The summed E-state index contributed by atoms with van der Waals surface area (Å²) >= 11 is 2.71. The molecule has 0 aliphatic carbocycles. The Morgan fingerprint density at radius 3 is 2.52 bits per heavy atom. The predicted molar refractivity (Wildman–Crippen MR) is 185 cm³/mol. The lowest BCUT2D eigenvalue weighted by molar-refractivity contribution is -0.132. The molecule has 0 saturated carbocycles. The fourth-order valence-corrected chi connectivity index (χ4v) is 7.19. The molecule has 1 fully saturated rings. The number of ketones is 1. The first-order valence-electron chi connectivity index (χ1n) is 15.9. The maximum atomic E-state index is 13.8. The molecule has 1 aromatic heterocycles. The molecule has 1 saturated heterocycles. The second kappa shape index (κ2) is 14.7. The van der Waals surface area contributed by atoms with Gasteiger partial charge in [0.15, 0.2) is 27.3 Å². The smallest absolute Gasteiger partial charge is 0.301 e. The van der Waals surface area contributed by atoms with Crippen molar-refractivity contribution in [1.29, 1.82) is 0 Å². The molecule has 4 aromatic rings. The molecule has 10 nitrogen and oxygen atoms in total. The fraction of sp³-hybridized carbons (Fsp3) is 0.333. The minimum Gasteiger partial charge on any atom is -0.507 e. The van der Waals surface area contributed by atoms with Crippen LogP contribution in [0.5, 0.6) is 23.0 Å². The number of ether oxygens (including phenoxy) is 4. The van der Waals surface area contributed by atoms with Gasteiger partial charge in [-0.3, -0.25) is 14.5 Å². The molecule has 12 heteroatoms. The molecule has 2 aliphatic heterocycles. The van der Waals surface area contributed by atoms with Gasteiger partial charge in [0.05, 0.1) is 24.8 Å². The first kappa shape index (κ1) is 33.4. The van der Waals surface area contributed by atoms with Gasteiger partial charge in [-0.2, -0.15) is 0 Å². The largest absolute Gasteiger partial charge is 0.507 e. The molecule has 3 heterocycles. The molecule has 0 spiro atoms. The van der Waals surface area contributed by atoms with Crippen LogP contribution in [0, 0.1) is 12.8 Å². The maximum absolute atomic E-state index is 13.8. The van der Waals surface area contributed by atoms with Crippen molar-refractivity contribution < 1.29 is 33.6 Å². The van der Waals surface area contributed by atoms with Gasteiger partial charge in [0.2, 0.25) is 5.13 Å². The van der Waals surface area contributed by atoms with Crippen molar-refractivity contribution in [2.45, 2.75) is 50.3 Å². The Morgan fingerprint density at radius 1 is 1.00 bits per heavy atom. The number of fused-ring (bicyclic) bond motifs is 1. The monoisotopic (exact) mass is 687 g/mol. The van der Waals surface area contributed by atoms with Crippen LogP contribution in [0.15, 0.2) is 70.6 Å². The lowest BCUT2D eigenvalue weighted by atomic mass is 9.95. The number of benzene rings is 3. The van der Waals surface area contributed by atoms with Gasteiger partial charge >= 0.3 is 5.91 Å². The first-order valence-corrected chi connectivity index (χ1v) is 17.7. The minimum atomic E-state index is -1.02. The van der Waals surface area contributed by atoms with Crippen LogP contribution in [-0.4, -0.2) is 53.4 Å². The van der Waals surface area contributed by atoms with E-state index in [0.717, 1.165) is 12.0 Å². The molecule has 6 rings (SSSR count). The minimum absolute atomic E-state index is 0.0864. The predicted octanol–water partition coefficient (Wildman–Crippen LogP) is 7.36. The Hall–Kier alpha value is -4.55. The molecular weight excluding hydrogens is 651 g/mol. The van der Waals surface area contributed by atoms with E-state index in [9.17, 15) is 14.7 Å². The third-order valence-corrected chi connectivity index (χ3v) is 10.0. The fourth-order valence-electron chi connectivity index (χ4n) is 5.37. The summed E-state index contributed by atoms with van der Waals surface area (Å²) in [6, 6.07) is 17.4. The number of Topliss-reactive ketones (excluding diaryl/α,β-unsaturated/α-hetero) is 1. The van der Waals surface area contributed by atoms with Crippen LogP contribution in [0.25, 0.3) is 5.76 Å². The normalized spacial score (nSPS) is 16.9. The summed E-state index contributed by atoms with van der Waals surface area (Å²) in [7, 11) is 0. The van der Waals surface area contributed by atoms with Crippen molar-refractivity contribution in [2.24, 2.45) is 5.92 Å². The molecular formula is C36H37N3O7S2. The molecule has 250 valence electrons. The molecule has 1 amide bonds. The van der Waals surface area contributed by atoms with Gasteiger partial charge in [-0.1, -0.05) is 72.8 Å². The zero-order valence-electron chi connectivity index (χ0n) is 27.2. The van der Waals surface area contributed by atoms with E-state index in [-0.39, 0.29) is 16.5 Å². The van der Waals surface area contributed by atoms with Crippen LogP contribution < -0.4 is 23.8 Å². The van der Waals surface area contributed by atoms with Crippen molar-refractivity contribution in [1.82, 2.24) is 10.2 Å². The van der Waals surface area contributed by atoms with Gasteiger partial charge < -0.3 is 24.1 Å². The van der Waals surface area contributed by atoms with Gasteiger partial charge in [-0.05, 0) is 67.6 Å². The van der Waals surface area contributed by atoms with Crippen LogP contribution in [0.2, 0.25) is 0 Å². The Kier molecular flexibility index (Phi) is 10.2. The number of aliphatic hydroxyl groups excluding tert-OH is 1. The highest BCUT2D eigenvalue weighted by atomic mass is 32.2. The summed E-state index contributed by atoms with van der Waals surface area (Å²) in [4.78, 5) is 29.0. The number of rotatable bonds is 12. The van der Waals surface area contributed by atoms with Crippen LogP contribution >= 0.6 is 23.1 Å². The summed E-state index contributed by atoms with van der Waals surface area (Å²) in [5.74, 6) is 1.12. The molecule has 3 aromatic carbocycles. The Balaban J connectivity index is 1.40. The van der Waals surface area contributed by atoms with Crippen molar-refractivity contribution >= 4 is 45.7 Å². The number of hydrogen-bond acceptors (Lipinski definition) is 11. The molecule has 1 atom stereocenters. The SMILES string of the molecule is CCOc1cc([C@@H]2C(=C(O)c3ccc4c(c3)OCCO4)C(=O)C(=O)N2c2nnc(SCc3ccc(C)cc3)s2)ccc1OCCC(C)C. The number of nitrogens with zero attached hydrogens (tertiary/aromatic N) is 3. The second-order valence-electron chi connectivity index (χ2n) is 11.8. The standard InChI is InChI=1S/C36H37N3O7S2/c1-5-43-28-18-24(10-12-26(28)44-15-14-21(2)3)31-30(32(40)25-11-13-27-29(19-25)46-17-16-45-27)33(41)34(42)39(31)35-37-38-36(48-35)47-20-23-8-6-22(4)7-9-23/h6-13,18-19,21,31,40H,5,14-17,20H2,1-4H3/t31-/m1/s1. The summed E-state index contributed by atoms with van der Waals surface area (Å²) in [6.45, 7) is 9.81.